The number of alkyl halides is 1. The molecule has 0 bridgehead atoms. The highest BCUT2D eigenvalue weighted by molar-refractivity contribution is 5.90. The highest BCUT2D eigenvalue weighted by Crippen LogP contribution is 2.54. The Morgan fingerprint density at radius 1 is 1.12 bits per heavy atom. The molecule has 1 aliphatic rings. The van der Waals surface area contributed by atoms with Crippen LogP contribution >= 0.6 is 0 Å². The second-order valence-electron chi connectivity index (χ2n) is 6.01. The normalized spacial score (nSPS) is 24.6. The van der Waals surface area contributed by atoms with Gasteiger partial charge in [-0.25, -0.2) is 17.6 Å². The summed E-state index contributed by atoms with van der Waals surface area (Å²) in [5.74, 6) is -12.1. The van der Waals surface area contributed by atoms with E-state index in [1.54, 1.807) is 0 Å². The molecule has 3 nitrogen and oxygen atoms in total. The van der Waals surface area contributed by atoms with Gasteiger partial charge in [0.15, 0.2) is 17.5 Å². The smallest absolute Gasteiger partial charge is 0.328 e. The first-order valence-electron chi connectivity index (χ1n) is 7.02. The number of halogens is 6. The summed E-state index contributed by atoms with van der Waals surface area (Å²) in [6.07, 6.45) is 0. The van der Waals surface area contributed by atoms with E-state index in [9.17, 15) is 32.0 Å². The third-order valence-electron chi connectivity index (χ3n) is 3.88. The van der Waals surface area contributed by atoms with Crippen molar-refractivity contribution in [2.75, 3.05) is 0 Å². The van der Waals surface area contributed by atoms with Gasteiger partial charge in [0.2, 0.25) is 0 Å². The molecule has 1 aromatic rings. The molecule has 1 aromatic carbocycles. The maximum absolute atomic E-state index is 15.3. The lowest BCUT2D eigenvalue weighted by Gasteiger charge is -2.39. The first-order chi connectivity index (χ1) is 11.4. The number of carbonyl (C=O) groups is 1. The molecule has 0 heterocycles. The van der Waals surface area contributed by atoms with Crippen molar-refractivity contribution in [2.45, 2.75) is 31.0 Å². The van der Waals surface area contributed by atoms with E-state index in [0.29, 0.717) is 0 Å². The second-order valence-corrected chi connectivity index (χ2v) is 6.01. The number of nitrogens with zero attached hydrogens (tertiary/aromatic N) is 1. The zero-order valence-electron chi connectivity index (χ0n) is 13.0. The fourth-order valence-corrected chi connectivity index (χ4v) is 2.83. The monoisotopic (exact) mass is 365 g/mol. The molecule has 0 spiro atoms. The summed E-state index contributed by atoms with van der Waals surface area (Å²) in [5, 5.41) is 7.87. The fraction of sp³-hybridized carbons (Fsp3) is 0.312. The van der Waals surface area contributed by atoms with Gasteiger partial charge in [-0.2, -0.15) is 0 Å². The van der Waals surface area contributed by atoms with E-state index in [-0.39, 0.29) is 5.56 Å². The molecule has 1 aliphatic carbocycles. The van der Waals surface area contributed by atoms with Crippen LogP contribution in [0.1, 0.15) is 25.3 Å². The van der Waals surface area contributed by atoms with Crippen LogP contribution in [-0.4, -0.2) is 27.6 Å². The lowest BCUT2D eigenvalue weighted by Crippen LogP contribution is -2.51. The van der Waals surface area contributed by atoms with E-state index in [1.807, 2.05) is 0 Å². The fourth-order valence-electron chi connectivity index (χ4n) is 2.83. The molecule has 1 amide bonds. The predicted octanol–water partition coefficient (Wildman–Crippen LogP) is 4.23. The number of aliphatic hydroxyl groups is 1. The maximum atomic E-state index is 15.3. The highest BCUT2D eigenvalue weighted by atomic mass is 19.4. The Kier molecular flexibility index (Phi) is 4.73. The Morgan fingerprint density at radius 2 is 1.64 bits per heavy atom. The summed E-state index contributed by atoms with van der Waals surface area (Å²) in [4.78, 5) is 11.7. The zero-order valence-corrected chi connectivity index (χ0v) is 13.0. The van der Waals surface area contributed by atoms with Crippen LogP contribution in [0.15, 0.2) is 53.4 Å². The van der Waals surface area contributed by atoms with Crippen LogP contribution in [0.25, 0.3) is 0 Å². The Morgan fingerprint density at radius 3 is 2.08 bits per heavy atom. The lowest BCUT2D eigenvalue weighted by molar-refractivity contribution is -0.200. The molecule has 136 valence electrons. The van der Waals surface area contributed by atoms with Gasteiger partial charge in [-0.1, -0.05) is 39.3 Å². The minimum Gasteiger partial charge on any atom is -0.386 e. The van der Waals surface area contributed by atoms with Gasteiger partial charge in [0.05, 0.1) is 11.5 Å². The predicted molar refractivity (Wildman–Crippen MR) is 75.8 cm³/mol. The minimum atomic E-state index is -4.26. The topological polar surface area (TPSA) is 40.5 Å². The average molecular weight is 365 g/mol. The standard InChI is InChI=1S/C16H13F6NO2/c1-15(2,25)10-9(8-6-4-3-5-7-8)16(20,14(24)23(21)22)13(19)12(18)11(10)17/h3-7,9,25H,1-2H3. The molecule has 0 saturated carbocycles. The quantitative estimate of drug-likeness (QED) is 0.643. The highest BCUT2D eigenvalue weighted by Gasteiger charge is 2.62. The van der Waals surface area contributed by atoms with Gasteiger partial charge in [0, 0.05) is 10.9 Å². The number of benzene rings is 1. The molecule has 2 atom stereocenters. The first-order valence-corrected chi connectivity index (χ1v) is 7.02. The molecular formula is C16H13F6NO2. The third-order valence-corrected chi connectivity index (χ3v) is 3.88. The van der Waals surface area contributed by atoms with Gasteiger partial charge in [-0.15, -0.1) is 0 Å². The van der Waals surface area contributed by atoms with Crippen LogP contribution in [0.5, 0.6) is 0 Å². The van der Waals surface area contributed by atoms with Crippen LogP contribution in [0.2, 0.25) is 0 Å². The van der Waals surface area contributed by atoms with Gasteiger partial charge in [-0.3, -0.25) is 4.79 Å². The third kappa shape index (κ3) is 2.92. The van der Waals surface area contributed by atoms with Crippen molar-refractivity contribution in [3.63, 3.8) is 0 Å². The van der Waals surface area contributed by atoms with Crippen LogP contribution in [0.3, 0.4) is 0 Å². The SMILES string of the molecule is CC(C)(O)C1=C(F)C(F)=C(F)C(F)(C(=O)N(F)F)C1c1ccccc1. The number of carbonyl (C=O) groups excluding carboxylic acids is 1. The number of rotatable bonds is 3. The van der Waals surface area contributed by atoms with E-state index in [2.05, 4.69) is 0 Å². The summed E-state index contributed by atoms with van der Waals surface area (Å²) in [6, 6.07) is 6.28. The number of hydrogen-bond donors (Lipinski definition) is 1. The van der Waals surface area contributed by atoms with Crippen molar-refractivity contribution in [3.05, 3.63) is 58.9 Å². The molecule has 2 rings (SSSR count). The Balaban J connectivity index is 2.89. The molecule has 0 aliphatic heterocycles. The van der Waals surface area contributed by atoms with Gasteiger partial charge >= 0.3 is 5.91 Å². The molecular weight excluding hydrogens is 352 g/mol. The average Bonchev–Trinajstić information content (AvgIpc) is 2.54. The van der Waals surface area contributed by atoms with Gasteiger partial charge in [-0.05, 0) is 19.4 Å². The van der Waals surface area contributed by atoms with Gasteiger partial charge in [0.25, 0.3) is 5.67 Å². The molecule has 0 fully saturated rings. The summed E-state index contributed by atoms with van der Waals surface area (Å²) in [5.41, 5.74) is -7.90. The maximum Gasteiger partial charge on any atom is 0.328 e. The lowest BCUT2D eigenvalue weighted by atomic mass is 9.69. The molecule has 9 heteroatoms. The number of hydrogen-bond acceptors (Lipinski definition) is 2. The molecule has 2 unspecified atom stereocenters. The first kappa shape index (κ1) is 19.0. The number of allylic oxidation sites excluding steroid dienone is 2. The second kappa shape index (κ2) is 6.21. The molecule has 0 saturated heterocycles. The van der Waals surface area contributed by atoms with Crippen LogP contribution in [0, 0.1) is 0 Å². The number of amides is 1. The van der Waals surface area contributed by atoms with Crippen molar-refractivity contribution >= 4 is 5.91 Å². The largest absolute Gasteiger partial charge is 0.386 e. The van der Waals surface area contributed by atoms with Crippen molar-refractivity contribution in [1.29, 1.82) is 0 Å². The summed E-state index contributed by atoms with van der Waals surface area (Å²) >= 11 is 0. The van der Waals surface area contributed by atoms with E-state index < -0.39 is 51.5 Å². The summed E-state index contributed by atoms with van der Waals surface area (Å²) in [6.45, 7) is 1.86. The summed E-state index contributed by atoms with van der Waals surface area (Å²) < 4.78 is 83.1. The molecule has 0 radical (unpaired) electrons. The molecule has 0 aromatic heterocycles. The van der Waals surface area contributed by atoms with Crippen molar-refractivity contribution in [3.8, 4) is 0 Å². The Labute approximate surface area is 138 Å². The van der Waals surface area contributed by atoms with Crippen LogP contribution < -0.4 is 0 Å². The van der Waals surface area contributed by atoms with E-state index in [4.69, 9.17) is 0 Å². The van der Waals surface area contributed by atoms with Crippen LogP contribution in [-0.2, 0) is 4.79 Å². The van der Waals surface area contributed by atoms with E-state index in [0.717, 1.165) is 26.0 Å². The Hall–Kier alpha value is -2.29. The van der Waals surface area contributed by atoms with Crippen LogP contribution in [0.4, 0.5) is 26.5 Å². The molecule has 25 heavy (non-hydrogen) atoms. The Bertz CT molecular complexity index is 754. The van der Waals surface area contributed by atoms with Crippen molar-refractivity contribution < 1.29 is 36.4 Å². The van der Waals surface area contributed by atoms with E-state index >= 15 is 4.39 Å². The van der Waals surface area contributed by atoms with Gasteiger partial charge < -0.3 is 5.11 Å². The van der Waals surface area contributed by atoms with Crippen molar-refractivity contribution in [2.24, 2.45) is 0 Å². The van der Waals surface area contributed by atoms with Gasteiger partial charge in [0.1, 0.15) is 0 Å². The van der Waals surface area contributed by atoms with Crippen molar-refractivity contribution in [1.82, 2.24) is 5.34 Å². The van der Waals surface area contributed by atoms with E-state index in [1.165, 1.54) is 18.2 Å². The zero-order chi connectivity index (χ0) is 19.2. The minimum absolute atomic E-state index is 0.296. The molecule has 1 N–H and O–H groups in total. The summed E-state index contributed by atoms with van der Waals surface area (Å²) in [7, 11) is 0.